The SMILES string of the molecule is CC(C)NC(=O)Nc1ccc(CNC(=O)CCc2ccccc2C(=O)O)cc1. The van der Waals surface area contributed by atoms with E-state index in [4.69, 9.17) is 0 Å². The van der Waals surface area contributed by atoms with Crippen molar-refractivity contribution >= 4 is 23.6 Å². The molecule has 7 heteroatoms. The van der Waals surface area contributed by atoms with Crippen LogP contribution < -0.4 is 16.0 Å². The molecule has 4 N–H and O–H groups in total. The van der Waals surface area contributed by atoms with Crippen LogP contribution in [0, 0.1) is 0 Å². The van der Waals surface area contributed by atoms with E-state index in [2.05, 4.69) is 16.0 Å². The maximum Gasteiger partial charge on any atom is 0.335 e. The molecule has 7 nitrogen and oxygen atoms in total. The molecule has 0 radical (unpaired) electrons. The minimum Gasteiger partial charge on any atom is -0.478 e. The van der Waals surface area contributed by atoms with Gasteiger partial charge in [-0.2, -0.15) is 0 Å². The Hall–Kier alpha value is -3.35. The van der Waals surface area contributed by atoms with E-state index in [0.717, 1.165) is 5.56 Å². The zero-order chi connectivity index (χ0) is 20.5. The minimum atomic E-state index is -0.994. The number of hydrogen-bond donors (Lipinski definition) is 4. The third-order valence-electron chi connectivity index (χ3n) is 3.99. The summed E-state index contributed by atoms with van der Waals surface area (Å²) < 4.78 is 0. The Morgan fingerprint density at radius 1 is 1.00 bits per heavy atom. The lowest BCUT2D eigenvalue weighted by Crippen LogP contribution is -2.34. The summed E-state index contributed by atoms with van der Waals surface area (Å²) in [6, 6.07) is 13.7. The highest BCUT2D eigenvalue weighted by Crippen LogP contribution is 2.12. The minimum absolute atomic E-state index is 0.0527. The molecule has 2 aromatic rings. The molecule has 0 aliphatic carbocycles. The number of hydrogen-bond acceptors (Lipinski definition) is 3. The van der Waals surface area contributed by atoms with E-state index in [1.165, 1.54) is 6.07 Å². The molecular weight excluding hydrogens is 358 g/mol. The predicted molar refractivity (Wildman–Crippen MR) is 107 cm³/mol. The number of rotatable bonds is 8. The Kier molecular flexibility index (Phi) is 7.56. The van der Waals surface area contributed by atoms with Crippen LogP contribution in [0.25, 0.3) is 0 Å². The number of aryl methyl sites for hydroxylation is 1. The van der Waals surface area contributed by atoms with Gasteiger partial charge < -0.3 is 21.1 Å². The summed E-state index contributed by atoms with van der Waals surface area (Å²) in [5.74, 6) is -1.15. The van der Waals surface area contributed by atoms with Crippen LogP contribution in [0.1, 0.15) is 41.8 Å². The van der Waals surface area contributed by atoms with Gasteiger partial charge in [-0.3, -0.25) is 4.79 Å². The van der Waals surface area contributed by atoms with Gasteiger partial charge in [-0.1, -0.05) is 30.3 Å². The third-order valence-corrected chi connectivity index (χ3v) is 3.99. The molecule has 2 aromatic carbocycles. The van der Waals surface area contributed by atoms with Crippen molar-refractivity contribution in [3.8, 4) is 0 Å². The second kappa shape index (κ2) is 10.1. The molecule has 2 rings (SSSR count). The number of carbonyl (C=O) groups is 3. The van der Waals surface area contributed by atoms with Crippen LogP contribution in [0.2, 0.25) is 0 Å². The van der Waals surface area contributed by atoms with Crippen LogP contribution in [0.15, 0.2) is 48.5 Å². The van der Waals surface area contributed by atoms with E-state index in [9.17, 15) is 19.5 Å². The first kappa shape index (κ1) is 21.0. The van der Waals surface area contributed by atoms with Gasteiger partial charge in [-0.05, 0) is 49.6 Å². The van der Waals surface area contributed by atoms with Crippen LogP contribution in [0.3, 0.4) is 0 Å². The molecule has 0 bridgehead atoms. The lowest BCUT2D eigenvalue weighted by Gasteiger charge is -2.11. The second-order valence-electron chi connectivity index (χ2n) is 6.69. The molecule has 0 atom stereocenters. The fraction of sp³-hybridized carbons (Fsp3) is 0.286. The fourth-order valence-corrected chi connectivity index (χ4v) is 2.62. The van der Waals surface area contributed by atoms with E-state index in [-0.39, 0.29) is 30.0 Å². The van der Waals surface area contributed by atoms with Gasteiger partial charge in [-0.25, -0.2) is 9.59 Å². The van der Waals surface area contributed by atoms with Crippen molar-refractivity contribution in [1.29, 1.82) is 0 Å². The Morgan fingerprint density at radius 3 is 2.32 bits per heavy atom. The molecule has 0 aromatic heterocycles. The number of nitrogens with one attached hydrogen (secondary N) is 3. The monoisotopic (exact) mass is 383 g/mol. The number of carboxylic acids is 1. The van der Waals surface area contributed by atoms with Gasteiger partial charge in [0.1, 0.15) is 0 Å². The highest BCUT2D eigenvalue weighted by molar-refractivity contribution is 5.90. The summed E-state index contributed by atoms with van der Waals surface area (Å²) >= 11 is 0. The van der Waals surface area contributed by atoms with Gasteiger partial charge in [0.2, 0.25) is 5.91 Å². The van der Waals surface area contributed by atoms with E-state index in [1.54, 1.807) is 30.3 Å². The van der Waals surface area contributed by atoms with E-state index >= 15 is 0 Å². The number of benzene rings is 2. The van der Waals surface area contributed by atoms with Crippen LogP contribution in [-0.4, -0.2) is 29.1 Å². The molecule has 0 saturated heterocycles. The van der Waals surface area contributed by atoms with Crippen molar-refractivity contribution in [1.82, 2.24) is 10.6 Å². The molecule has 0 saturated carbocycles. The standard InChI is InChI=1S/C21H25N3O4/c1-14(2)23-21(28)24-17-10-7-15(8-11-17)13-22-19(25)12-9-16-5-3-4-6-18(16)20(26)27/h3-8,10-11,14H,9,12-13H2,1-2H3,(H,22,25)(H,26,27)(H2,23,24,28). The summed E-state index contributed by atoms with van der Waals surface area (Å²) in [6.07, 6.45) is 0.571. The molecule has 0 aliphatic rings. The number of amides is 3. The number of urea groups is 1. The highest BCUT2D eigenvalue weighted by Gasteiger charge is 2.10. The van der Waals surface area contributed by atoms with E-state index < -0.39 is 5.97 Å². The fourth-order valence-electron chi connectivity index (χ4n) is 2.62. The summed E-state index contributed by atoms with van der Waals surface area (Å²) in [6.45, 7) is 4.12. The average molecular weight is 383 g/mol. The maximum absolute atomic E-state index is 12.1. The summed E-state index contributed by atoms with van der Waals surface area (Å²) in [5.41, 5.74) is 2.42. The Bertz CT molecular complexity index is 832. The molecule has 0 heterocycles. The molecular formula is C21H25N3O4. The number of aromatic carboxylic acids is 1. The first-order valence-electron chi connectivity index (χ1n) is 9.09. The zero-order valence-electron chi connectivity index (χ0n) is 16.0. The second-order valence-corrected chi connectivity index (χ2v) is 6.69. The summed E-state index contributed by atoms with van der Waals surface area (Å²) in [5, 5.41) is 17.5. The molecule has 148 valence electrons. The van der Waals surface area contributed by atoms with Gasteiger partial charge in [0, 0.05) is 24.7 Å². The normalized spacial score (nSPS) is 10.4. The molecule has 0 unspecified atom stereocenters. The van der Waals surface area contributed by atoms with Crippen molar-refractivity contribution in [3.05, 3.63) is 65.2 Å². The van der Waals surface area contributed by atoms with Crippen molar-refractivity contribution in [2.45, 2.75) is 39.3 Å². The molecule has 28 heavy (non-hydrogen) atoms. The predicted octanol–water partition coefficient (Wildman–Crippen LogP) is 3.16. The largest absolute Gasteiger partial charge is 0.478 e. The van der Waals surface area contributed by atoms with Gasteiger partial charge in [0.05, 0.1) is 5.56 Å². The molecule has 3 amide bonds. The quantitative estimate of drug-likeness (QED) is 0.561. The summed E-state index contributed by atoms with van der Waals surface area (Å²) in [7, 11) is 0. The van der Waals surface area contributed by atoms with Crippen LogP contribution >= 0.6 is 0 Å². The Labute approximate surface area is 164 Å². The topological polar surface area (TPSA) is 108 Å². The number of carbonyl (C=O) groups excluding carboxylic acids is 2. The first-order chi connectivity index (χ1) is 13.3. The lowest BCUT2D eigenvalue weighted by molar-refractivity contribution is -0.121. The smallest absolute Gasteiger partial charge is 0.335 e. The van der Waals surface area contributed by atoms with Gasteiger partial charge in [0.15, 0.2) is 0 Å². The van der Waals surface area contributed by atoms with Crippen molar-refractivity contribution in [2.24, 2.45) is 0 Å². The maximum atomic E-state index is 12.1. The highest BCUT2D eigenvalue weighted by atomic mass is 16.4. The van der Waals surface area contributed by atoms with Crippen LogP contribution in [0.5, 0.6) is 0 Å². The van der Waals surface area contributed by atoms with Crippen molar-refractivity contribution < 1.29 is 19.5 Å². The third kappa shape index (κ3) is 6.75. The van der Waals surface area contributed by atoms with Crippen molar-refractivity contribution in [3.63, 3.8) is 0 Å². The first-order valence-corrected chi connectivity index (χ1v) is 9.09. The zero-order valence-corrected chi connectivity index (χ0v) is 16.0. The number of anilines is 1. The van der Waals surface area contributed by atoms with Gasteiger partial charge >= 0.3 is 12.0 Å². The number of carboxylic acid groups (broad SMARTS) is 1. The van der Waals surface area contributed by atoms with Gasteiger partial charge in [-0.15, -0.1) is 0 Å². The van der Waals surface area contributed by atoms with Gasteiger partial charge in [0.25, 0.3) is 0 Å². The summed E-state index contributed by atoms with van der Waals surface area (Å²) in [4.78, 5) is 34.9. The molecule has 0 fully saturated rings. The average Bonchev–Trinajstić information content (AvgIpc) is 2.65. The van der Waals surface area contributed by atoms with E-state index in [1.807, 2.05) is 26.0 Å². The molecule has 0 spiro atoms. The van der Waals surface area contributed by atoms with E-state index in [0.29, 0.717) is 24.2 Å². The van der Waals surface area contributed by atoms with Crippen molar-refractivity contribution in [2.75, 3.05) is 5.32 Å². The molecule has 0 aliphatic heterocycles. The lowest BCUT2D eigenvalue weighted by atomic mass is 10.0. The van der Waals surface area contributed by atoms with Crippen LogP contribution in [-0.2, 0) is 17.8 Å². The Morgan fingerprint density at radius 2 is 1.68 bits per heavy atom. The van der Waals surface area contributed by atoms with Crippen LogP contribution in [0.4, 0.5) is 10.5 Å². The Balaban J connectivity index is 1.80.